The summed E-state index contributed by atoms with van der Waals surface area (Å²) in [4.78, 5) is 39.9. The monoisotopic (exact) mass is 544 g/mol. The van der Waals surface area contributed by atoms with Crippen molar-refractivity contribution in [3.63, 3.8) is 0 Å². The average Bonchev–Trinajstić information content (AvgIpc) is 3.19. The molecule has 1 aromatic heterocycles. The minimum atomic E-state index is -1.07. The molecule has 11 heteroatoms. The molecular formula is C23H21BrN4O5S. The third-order valence-electron chi connectivity index (χ3n) is 4.83. The van der Waals surface area contributed by atoms with E-state index in [1.807, 2.05) is 34.9 Å². The predicted octanol–water partition coefficient (Wildman–Crippen LogP) is 3.66. The number of amides is 1. The van der Waals surface area contributed by atoms with E-state index in [0.29, 0.717) is 15.3 Å². The van der Waals surface area contributed by atoms with Gasteiger partial charge in [0.25, 0.3) is 0 Å². The standard InChI is InChI=1S/C23H21BrN4O5S/c1-2-33-22(32)17(8-10-21(30)31)27-20(29)13-34-23-26-12-19(24)28(23)18-9-7-14(11-25)15-5-3-4-6-16(15)18/h3-7,9,12,17H,2,8,10,13H2,1H3,(H,27,29)(H,30,31). The Balaban J connectivity index is 1.80. The molecule has 0 spiro atoms. The number of nitriles is 1. The number of hydrogen-bond acceptors (Lipinski definition) is 7. The summed E-state index contributed by atoms with van der Waals surface area (Å²) >= 11 is 4.65. The maximum Gasteiger partial charge on any atom is 0.328 e. The SMILES string of the molecule is CCOC(=O)C(CCC(=O)O)NC(=O)CSc1ncc(Br)n1-c1ccc(C#N)c2ccccc12. The normalized spacial score (nSPS) is 11.6. The molecule has 0 aliphatic rings. The zero-order chi connectivity index (χ0) is 24.7. The molecule has 2 N–H and O–H groups in total. The zero-order valence-corrected chi connectivity index (χ0v) is 20.6. The number of aliphatic carboxylic acids is 1. The Hall–Kier alpha value is -3.36. The molecule has 0 aliphatic carbocycles. The molecule has 0 fully saturated rings. The molecule has 0 aliphatic heterocycles. The summed E-state index contributed by atoms with van der Waals surface area (Å²) in [5.41, 5.74) is 1.34. The number of hydrogen-bond donors (Lipinski definition) is 2. The van der Waals surface area contributed by atoms with Crippen molar-refractivity contribution in [2.24, 2.45) is 0 Å². The second-order valence-corrected chi connectivity index (χ2v) is 8.84. The second kappa shape index (κ2) is 11.7. The lowest BCUT2D eigenvalue weighted by Crippen LogP contribution is -2.43. The number of halogens is 1. The number of fused-ring (bicyclic) bond motifs is 1. The molecule has 1 amide bonds. The lowest BCUT2D eigenvalue weighted by atomic mass is 10.0. The van der Waals surface area contributed by atoms with Crippen LogP contribution in [0.25, 0.3) is 16.5 Å². The topological polar surface area (TPSA) is 134 Å². The first kappa shape index (κ1) is 25.3. The van der Waals surface area contributed by atoms with Gasteiger partial charge in [-0.15, -0.1) is 0 Å². The molecule has 1 atom stereocenters. The second-order valence-electron chi connectivity index (χ2n) is 7.08. The van der Waals surface area contributed by atoms with Crippen molar-refractivity contribution in [2.45, 2.75) is 31.0 Å². The number of nitrogens with one attached hydrogen (secondary N) is 1. The Morgan fingerprint density at radius 1 is 1.26 bits per heavy atom. The molecule has 2 aromatic carbocycles. The number of nitrogens with zero attached hydrogens (tertiary/aromatic N) is 3. The first-order valence-electron chi connectivity index (χ1n) is 10.3. The van der Waals surface area contributed by atoms with Gasteiger partial charge in [0.15, 0.2) is 5.16 Å². The number of rotatable bonds is 10. The number of thioether (sulfide) groups is 1. The number of carboxylic acid groups (broad SMARTS) is 1. The number of benzene rings is 2. The Morgan fingerprint density at radius 3 is 2.68 bits per heavy atom. The van der Waals surface area contributed by atoms with Crippen molar-refractivity contribution in [2.75, 3.05) is 12.4 Å². The van der Waals surface area contributed by atoms with E-state index in [9.17, 15) is 19.6 Å². The number of imidazole rings is 1. The molecule has 0 bridgehead atoms. The number of aromatic nitrogens is 2. The molecule has 176 valence electrons. The highest BCUT2D eigenvalue weighted by molar-refractivity contribution is 9.10. The van der Waals surface area contributed by atoms with Crippen molar-refractivity contribution in [1.29, 1.82) is 5.26 Å². The first-order valence-corrected chi connectivity index (χ1v) is 12.1. The van der Waals surface area contributed by atoms with Gasteiger partial charge in [0, 0.05) is 17.2 Å². The van der Waals surface area contributed by atoms with Gasteiger partial charge in [-0.25, -0.2) is 9.78 Å². The van der Waals surface area contributed by atoms with Crippen molar-refractivity contribution in [1.82, 2.24) is 14.9 Å². The minimum Gasteiger partial charge on any atom is -0.481 e. The van der Waals surface area contributed by atoms with Gasteiger partial charge in [0.1, 0.15) is 10.6 Å². The van der Waals surface area contributed by atoms with Crippen molar-refractivity contribution in [3.8, 4) is 11.8 Å². The quantitative estimate of drug-likeness (QED) is 0.291. The third-order valence-corrected chi connectivity index (χ3v) is 6.35. The summed E-state index contributed by atoms with van der Waals surface area (Å²) < 4.78 is 7.43. The Kier molecular flexibility index (Phi) is 8.67. The van der Waals surface area contributed by atoms with E-state index in [4.69, 9.17) is 9.84 Å². The van der Waals surface area contributed by atoms with Gasteiger partial charge >= 0.3 is 11.9 Å². The van der Waals surface area contributed by atoms with Gasteiger partial charge in [-0.1, -0.05) is 36.0 Å². The van der Waals surface area contributed by atoms with Crippen LogP contribution < -0.4 is 5.32 Å². The summed E-state index contributed by atoms with van der Waals surface area (Å²) in [6.07, 6.45) is 1.27. The van der Waals surface area contributed by atoms with Crippen LogP contribution in [0.15, 0.2) is 52.4 Å². The van der Waals surface area contributed by atoms with Crippen LogP contribution in [0.1, 0.15) is 25.3 Å². The maximum absolute atomic E-state index is 12.6. The van der Waals surface area contributed by atoms with E-state index in [1.54, 1.807) is 19.2 Å². The predicted molar refractivity (Wildman–Crippen MR) is 130 cm³/mol. The number of ether oxygens (including phenoxy) is 1. The Labute approximate surface area is 208 Å². The summed E-state index contributed by atoms with van der Waals surface area (Å²) in [6, 6.07) is 12.2. The van der Waals surface area contributed by atoms with Crippen LogP contribution in [0.4, 0.5) is 0 Å². The van der Waals surface area contributed by atoms with E-state index in [-0.39, 0.29) is 25.2 Å². The van der Waals surface area contributed by atoms with E-state index in [2.05, 4.69) is 32.3 Å². The van der Waals surface area contributed by atoms with Crippen molar-refractivity contribution < 1.29 is 24.2 Å². The molecule has 3 rings (SSSR count). The third kappa shape index (κ3) is 5.95. The highest BCUT2D eigenvalue weighted by atomic mass is 79.9. The van der Waals surface area contributed by atoms with Crippen LogP contribution in [-0.2, 0) is 19.1 Å². The summed E-state index contributed by atoms with van der Waals surface area (Å²) in [7, 11) is 0. The number of carbonyl (C=O) groups excluding carboxylic acids is 2. The van der Waals surface area contributed by atoms with Gasteiger partial charge in [-0.05, 0) is 41.4 Å². The van der Waals surface area contributed by atoms with Gasteiger partial charge in [0.2, 0.25) is 5.91 Å². The smallest absolute Gasteiger partial charge is 0.328 e. The summed E-state index contributed by atoms with van der Waals surface area (Å²) in [5, 5.41) is 23.1. The van der Waals surface area contributed by atoms with Gasteiger partial charge in [-0.2, -0.15) is 5.26 Å². The minimum absolute atomic E-state index is 0.0549. The van der Waals surface area contributed by atoms with Gasteiger partial charge in [0.05, 0.1) is 35.9 Å². The Morgan fingerprint density at radius 2 is 2.00 bits per heavy atom. The van der Waals surface area contributed by atoms with Gasteiger partial charge < -0.3 is 15.2 Å². The molecule has 34 heavy (non-hydrogen) atoms. The zero-order valence-electron chi connectivity index (χ0n) is 18.2. The van der Waals surface area contributed by atoms with Crippen LogP contribution in [0, 0.1) is 11.3 Å². The lowest BCUT2D eigenvalue weighted by molar-refractivity contribution is -0.147. The van der Waals surface area contributed by atoms with Crippen LogP contribution in [0.2, 0.25) is 0 Å². The summed E-state index contributed by atoms with van der Waals surface area (Å²) in [5.74, 6) is -2.25. The number of carboxylic acids is 1. The molecule has 0 radical (unpaired) electrons. The largest absolute Gasteiger partial charge is 0.481 e. The van der Waals surface area contributed by atoms with Crippen LogP contribution >= 0.6 is 27.7 Å². The maximum atomic E-state index is 12.6. The van der Waals surface area contributed by atoms with E-state index >= 15 is 0 Å². The number of carbonyl (C=O) groups is 3. The van der Waals surface area contributed by atoms with E-state index in [0.717, 1.165) is 28.2 Å². The molecule has 1 unspecified atom stereocenters. The van der Waals surface area contributed by atoms with Crippen molar-refractivity contribution in [3.05, 3.63) is 52.8 Å². The Bertz CT molecular complexity index is 1270. The molecular weight excluding hydrogens is 524 g/mol. The molecule has 1 heterocycles. The fourth-order valence-electron chi connectivity index (χ4n) is 3.34. The highest BCUT2D eigenvalue weighted by Gasteiger charge is 2.23. The lowest BCUT2D eigenvalue weighted by Gasteiger charge is -2.17. The van der Waals surface area contributed by atoms with Crippen LogP contribution in [-0.4, -0.2) is 50.9 Å². The molecule has 9 nitrogen and oxygen atoms in total. The fraction of sp³-hybridized carbons (Fsp3) is 0.261. The first-order chi connectivity index (χ1) is 16.3. The molecule has 0 saturated carbocycles. The van der Waals surface area contributed by atoms with E-state index < -0.39 is 23.9 Å². The fourth-order valence-corrected chi connectivity index (χ4v) is 4.71. The van der Waals surface area contributed by atoms with Gasteiger partial charge in [-0.3, -0.25) is 14.2 Å². The molecule has 0 saturated heterocycles. The average molecular weight is 545 g/mol. The van der Waals surface area contributed by atoms with Crippen molar-refractivity contribution >= 4 is 56.3 Å². The molecule has 3 aromatic rings. The van der Waals surface area contributed by atoms with Crippen LogP contribution in [0.3, 0.4) is 0 Å². The summed E-state index contributed by atoms with van der Waals surface area (Å²) in [6.45, 7) is 1.76. The van der Waals surface area contributed by atoms with Crippen LogP contribution in [0.5, 0.6) is 0 Å². The van der Waals surface area contributed by atoms with E-state index in [1.165, 1.54) is 0 Å². The highest BCUT2D eigenvalue weighted by Crippen LogP contribution is 2.32. The number of esters is 1.